The van der Waals surface area contributed by atoms with Crippen LogP contribution >= 0.6 is 34.4 Å². The molecule has 0 aliphatic carbocycles. The molecule has 3 atom stereocenters. The average molecular weight is 568 g/mol. The van der Waals surface area contributed by atoms with Gasteiger partial charge in [0.2, 0.25) is 0 Å². The molecule has 170 valence electrons. The fourth-order valence-electron chi connectivity index (χ4n) is 4.46. The predicted molar refractivity (Wildman–Crippen MR) is 121 cm³/mol. The van der Waals surface area contributed by atoms with Gasteiger partial charge in [-0.3, -0.25) is 0 Å². The first kappa shape index (κ1) is 22.8. The van der Waals surface area contributed by atoms with E-state index in [0.717, 1.165) is 25.7 Å². The lowest BCUT2D eigenvalue weighted by atomic mass is 9.97. The number of anilines is 1. The zero-order chi connectivity index (χ0) is 22.6. The van der Waals surface area contributed by atoms with Crippen LogP contribution in [-0.4, -0.2) is 49.6 Å². The number of rotatable bonds is 3. The van der Waals surface area contributed by atoms with Gasteiger partial charge in [-0.1, -0.05) is 0 Å². The molecule has 31 heavy (non-hydrogen) atoms. The van der Waals surface area contributed by atoms with Crippen molar-refractivity contribution in [2.75, 3.05) is 5.32 Å². The maximum atomic E-state index is 13.0. The van der Waals surface area contributed by atoms with Crippen molar-refractivity contribution < 1.29 is 22.7 Å². The van der Waals surface area contributed by atoms with E-state index in [2.05, 4.69) is 10.3 Å². The molecule has 2 aromatic heterocycles. The highest BCUT2D eigenvalue weighted by atomic mass is 127. The predicted octanol–water partition coefficient (Wildman–Crippen LogP) is 5.89. The standard InChI is InChI=1S/C20H24F3IN4O2S/c1-19(2,3)30-18(29)28-11-4-6-13(14(28)7-5-11)26-16-15-10-12(24)17(31-20(21,22)23)27(15)9-8-25-16/h8-11,13-14H,4-7H2,1-3H3,(H,25,26)/t11-,13-,14-/m1/s1. The van der Waals surface area contributed by atoms with E-state index in [1.54, 1.807) is 6.07 Å². The summed E-state index contributed by atoms with van der Waals surface area (Å²) in [7, 11) is 0. The number of nitrogens with one attached hydrogen (secondary N) is 1. The zero-order valence-electron chi connectivity index (χ0n) is 17.4. The summed E-state index contributed by atoms with van der Waals surface area (Å²) in [4.78, 5) is 19.1. The van der Waals surface area contributed by atoms with E-state index in [1.165, 1.54) is 16.8 Å². The highest BCUT2D eigenvalue weighted by molar-refractivity contribution is 14.1. The molecule has 2 fully saturated rings. The molecule has 0 aromatic carbocycles. The van der Waals surface area contributed by atoms with Gasteiger partial charge in [-0.15, -0.1) is 0 Å². The molecule has 2 aliphatic rings. The number of hydrogen-bond donors (Lipinski definition) is 1. The third kappa shape index (κ3) is 4.86. The molecule has 0 unspecified atom stereocenters. The van der Waals surface area contributed by atoms with Crippen LogP contribution < -0.4 is 5.32 Å². The van der Waals surface area contributed by atoms with Crippen LogP contribution in [0.1, 0.15) is 46.5 Å². The Bertz CT molecular complexity index is 991. The van der Waals surface area contributed by atoms with Crippen LogP contribution in [0.3, 0.4) is 0 Å². The largest absolute Gasteiger partial charge is 0.447 e. The van der Waals surface area contributed by atoms with Gasteiger partial charge < -0.3 is 19.4 Å². The van der Waals surface area contributed by atoms with Gasteiger partial charge in [0.05, 0.1) is 11.6 Å². The minimum absolute atomic E-state index is 0.0336. The van der Waals surface area contributed by atoms with Gasteiger partial charge in [0.1, 0.15) is 10.6 Å². The van der Waals surface area contributed by atoms with Crippen molar-refractivity contribution in [1.29, 1.82) is 0 Å². The highest BCUT2D eigenvalue weighted by Crippen LogP contribution is 2.42. The van der Waals surface area contributed by atoms with Crippen LogP contribution in [0.25, 0.3) is 5.52 Å². The van der Waals surface area contributed by atoms with E-state index < -0.39 is 11.1 Å². The Labute approximate surface area is 196 Å². The van der Waals surface area contributed by atoms with Gasteiger partial charge in [-0.25, -0.2) is 9.78 Å². The van der Waals surface area contributed by atoms with Gasteiger partial charge >= 0.3 is 11.6 Å². The first-order valence-electron chi connectivity index (χ1n) is 10.1. The quantitative estimate of drug-likeness (QED) is 0.370. The van der Waals surface area contributed by atoms with Crippen LogP contribution in [0, 0.1) is 3.57 Å². The molecule has 1 amide bonds. The number of ether oxygens (including phenoxy) is 1. The summed E-state index contributed by atoms with van der Waals surface area (Å²) in [6.07, 6.45) is 6.23. The van der Waals surface area contributed by atoms with Crippen LogP contribution in [0.15, 0.2) is 23.5 Å². The second-order valence-electron chi connectivity index (χ2n) is 8.89. The van der Waals surface area contributed by atoms with E-state index >= 15 is 0 Å². The van der Waals surface area contributed by atoms with Crippen LogP contribution in [0.5, 0.6) is 0 Å². The third-order valence-electron chi connectivity index (χ3n) is 5.57. The molecular weight excluding hydrogens is 544 g/mol. The lowest BCUT2D eigenvalue weighted by Gasteiger charge is -2.40. The Hall–Kier alpha value is -1.37. The molecule has 11 heteroatoms. The lowest BCUT2D eigenvalue weighted by Crippen LogP contribution is -2.54. The number of amides is 1. The average Bonchev–Trinajstić information content (AvgIpc) is 3.12. The zero-order valence-corrected chi connectivity index (χ0v) is 20.3. The first-order valence-corrected chi connectivity index (χ1v) is 12.0. The Morgan fingerprint density at radius 1 is 1.26 bits per heavy atom. The molecule has 2 bridgehead atoms. The highest BCUT2D eigenvalue weighted by Gasteiger charge is 2.46. The molecule has 4 rings (SSSR count). The molecule has 6 nitrogen and oxygen atoms in total. The number of aromatic nitrogens is 2. The Morgan fingerprint density at radius 3 is 2.65 bits per heavy atom. The lowest BCUT2D eigenvalue weighted by molar-refractivity contribution is -0.0330. The van der Waals surface area contributed by atoms with Crippen molar-refractivity contribution in [2.24, 2.45) is 0 Å². The minimum Gasteiger partial charge on any atom is -0.444 e. The van der Waals surface area contributed by atoms with Crippen molar-refractivity contribution in [3.8, 4) is 0 Å². The summed E-state index contributed by atoms with van der Waals surface area (Å²) in [6, 6.07) is 1.80. The van der Waals surface area contributed by atoms with E-state index in [9.17, 15) is 18.0 Å². The van der Waals surface area contributed by atoms with E-state index in [4.69, 9.17) is 4.74 Å². The van der Waals surface area contributed by atoms with Gasteiger partial charge in [0.15, 0.2) is 5.82 Å². The number of nitrogens with zero attached hydrogens (tertiary/aromatic N) is 3. The maximum absolute atomic E-state index is 13.0. The van der Waals surface area contributed by atoms with Gasteiger partial charge in [-0.2, -0.15) is 13.2 Å². The normalized spacial score (nSPS) is 24.0. The molecular formula is C20H24F3IN4O2S. The van der Waals surface area contributed by atoms with Crippen molar-refractivity contribution >= 4 is 51.8 Å². The number of piperidine rings is 1. The second-order valence-corrected chi connectivity index (χ2v) is 11.1. The number of fused-ring (bicyclic) bond motifs is 3. The summed E-state index contributed by atoms with van der Waals surface area (Å²) in [5, 5.41) is 3.55. The molecule has 0 spiro atoms. The monoisotopic (exact) mass is 568 g/mol. The number of alkyl halides is 3. The maximum Gasteiger partial charge on any atom is 0.447 e. The summed E-state index contributed by atoms with van der Waals surface area (Å²) < 4.78 is 46.7. The van der Waals surface area contributed by atoms with E-state index in [0.29, 0.717) is 14.9 Å². The number of carbonyl (C=O) groups is 1. The summed E-state index contributed by atoms with van der Waals surface area (Å²) in [5.41, 5.74) is -4.36. The molecule has 2 saturated heterocycles. The fraction of sp³-hybridized carbons (Fsp3) is 0.600. The molecule has 4 heterocycles. The second kappa shape index (κ2) is 8.20. The van der Waals surface area contributed by atoms with Crippen molar-refractivity contribution in [3.05, 3.63) is 22.0 Å². The topological polar surface area (TPSA) is 58.9 Å². The number of hydrogen-bond acceptors (Lipinski definition) is 5. The fourth-order valence-corrected chi connectivity index (χ4v) is 5.98. The molecule has 2 aliphatic heterocycles. The van der Waals surface area contributed by atoms with Crippen LogP contribution in [0.4, 0.5) is 23.8 Å². The van der Waals surface area contributed by atoms with E-state index in [1.807, 2.05) is 48.3 Å². The van der Waals surface area contributed by atoms with Crippen molar-refractivity contribution in [1.82, 2.24) is 14.3 Å². The molecule has 0 radical (unpaired) electrons. The van der Waals surface area contributed by atoms with Crippen molar-refractivity contribution in [3.63, 3.8) is 0 Å². The van der Waals surface area contributed by atoms with E-state index in [-0.39, 0.29) is 41.0 Å². The smallest absolute Gasteiger partial charge is 0.444 e. The number of carbonyl (C=O) groups excluding carboxylic acids is 1. The Kier molecular flexibility index (Phi) is 6.03. The SMILES string of the molecule is CC(C)(C)OC(=O)N1[C@H]2CC[C@@H]1[C@H](Nc1nccn3c(SC(F)(F)F)c(I)cc13)CC2. The van der Waals surface area contributed by atoms with Gasteiger partial charge in [-0.05, 0) is 75.1 Å². The summed E-state index contributed by atoms with van der Waals surface area (Å²) >= 11 is 1.79. The summed E-state index contributed by atoms with van der Waals surface area (Å²) in [6.45, 7) is 5.55. The van der Waals surface area contributed by atoms with Crippen molar-refractivity contribution in [2.45, 2.75) is 80.7 Å². The van der Waals surface area contributed by atoms with Gasteiger partial charge in [0, 0.05) is 39.8 Å². The molecule has 2 aromatic rings. The number of halogens is 4. The van der Waals surface area contributed by atoms with Gasteiger partial charge in [0.25, 0.3) is 0 Å². The third-order valence-corrected chi connectivity index (χ3v) is 7.60. The summed E-state index contributed by atoms with van der Waals surface area (Å²) in [5.74, 6) is 0.522. The Morgan fingerprint density at radius 2 is 1.97 bits per heavy atom. The number of thioether (sulfide) groups is 1. The van der Waals surface area contributed by atoms with Crippen LogP contribution in [-0.2, 0) is 4.74 Å². The van der Waals surface area contributed by atoms with Crippen LogP contribution in [0.2, 0.25) is 0 Å². The Balaban J connectivity index is 1.59. The molecule has 0 saturated carbocycles. The molecule has 1 N–H and O–H groups in total. The minimum atomic E-state index is -4.37. The first-order chi connectivity index (χ1) is 14.4.